The van der Waals surface area contributed by atoms with Crippen LogP contribution in [0.1, 0.15) is 69.1 Å². The number of hydrogen-bond acceptors (Lipinski definition) is 6. The lowest BCUT2D eigenvalue weighted by Gasteiger charge is -2.32. The van der Waals surface area contributed by atoms with Crippen molar-refractivity contribution in [3.05, 3.63) is 82.6 Å². The number of pyridine rings is 1. The minimum Gasteiger partial charge on any atom is -0.372 e. The highest BCUT2D eigenvalue weighted by molar-refractivity contribution is 6.04. The summed E-state index contributed by atoms with van der Waals surface area (Å²) >= 11 is 0. The first-order valence-electron chi connectivity index (χ1n) is 15.1. The predicted molar refractivity (Wildman–Crippen MR) is 166 cm³/mol. The van der Waals surface area contributed by atoms with Crippen molar-refractivity contribution in [2.24, 2.45) is 21.6 Å². The summed E-state index contributed by atoms with van der Waals surface area (Å²) in [5.41, 5.74) is 13.2. The number of aromatic nitrogens is 1. The summed E-state index contributed by atoms with van der Waals surface area (Å²) in [5.74, 6) is 1.33. The zero-order chi connectivity index (χ0) is 29.0. The van der Waals surface area contributed by atoms with Crippen LogP contribution >= 0.6 is 0 Å². The molecule has 2 aliphatic heterocycles. The number of hydrogen-bond donors (Lipinski definition) is 3. The molecule has 2 aliphatic carbocycles. The van der Waals surface area contributed by atoms with Crippen LogP contribution in [0, 0.1) is 11.7 Å². The van der Waals surface area contributed by atoms with Crippen LogP contribution in [0.3, 0.4) is 0 Å². The minimum absolute atomic E-state index is 0.0355. The van der Waals surface area contributed by atoms with Gasteiger partial charge in [0.05, 0.1) is 24.6 Å². The summed E-state index contributed by atoms with van der Waals surface area (Å²) in [4.78, 5) is 16.5. The molecule has 1 aromatic heterocycles. The fourth-order valence-corrected chi connectivity index (χ4v) is 6.15. The maximum absolute atomic E-state index is 13.6. The van der Waals surface area contributed by atoms with Crippen molar-refractivity contribution in [2.45, 2.75) is 64.0 Å². The first-order chi connectivity index (χ1) is 20.0. The minimum atomic E-state index is -0.227. The van der Waals surface area contributed by atoms with E-state index < -0.39 is 0 Å². The van der Waals surface area contributed by atoms with E-state index in [-0.39, 0.29) is 23.3 Å². The molecule has 3 heterocycles. The zero-order valence-corrected chi connectivity index (χ0v) is 24.7. The van der Waals surface area contributed by atoms with Crippen molar-refractivity contribution in [2.75, 3.05) is 32.7 Å². The number of nitrogens with two attached hydrogens (primary N) is 1. The fourth-order valence-electron chi connectivity index (χ4n) is 6.15. The third-order valence-corrected chi connectivity index (χ3v) is 8.71. The largest absolute Gasteiger partial charge is 0.372 e. The van der Waals surface area contributed by atoms with E-state index in [2.05, 4.69) is 51.3 Å². The van der Waals surface area contributed by atoms with Gasteiger partial charge in [-0.25, -0.2) is 4.39 Å². The highest BCUT2D eigenvalue weighted by Gasteiger charge is 2.50. The topological polar surface area (TPSA) is 90.9 Å². The Labute approximate surface area is 243 Å². The SMILES string of the molecule is C=Nc1cncc(C2CC2)c1C(=NC/C(=C/C)C1C=C(C2(c3ccc(F)cc3)CC2)NC1N)N1CCNCC1.CC. The lowest BCUT2D eigenvalue weighted by atomic mass is 9.90. The van der Waals surface area contributed by atoms with Gasteiger partial charge in [-0.1, -0.05) is 38.1 Å². The molecular weight excluding hydrogens is 513 g/mol. The average molecular weight is 558 g/mol. The Morgan fingerprint density at radius 2 is 1.88 bits per heavy atom. The van der Waals surface area contributed by atoms with Gasteiger partial charge in [0, 0.05) is 55.0 Å². The number of benzene rings is 1. The molecule has 218 valence electrons. The Morgan fingerprint density at radius 1 is 1.17 bits per heavy atom. The van der Waals surface area contributed by atoms with Gasteiger partial charge in [-0.2, -0.15) is 0 Å². The van der Waals surface area contributed by atoms with Crippen LogP contribution in [0.5, 0.6) is 0 Å². The van der Waals surface area contributed by atoms with Crippen LogP contribution in [-0.4, -0.2) is 61.3 Å². The molecule has 41 heavy (non-hydrogen) atoms. The van der Waals surface area contributed by atoms with E-state index in [0.717, 1.165) is 67.4 Å². The number of allylic oxidation sites excluding steroid dienone is 2. The van der Waals surface area contributed by atoms with Gasteiger partial charge in [-0.15, -0.1) is 0 Å². The maximum Gasteiger partial charge on any atom is 0.133 e. The van der Waals surface area contributed by atoms with Crippen molar-refractivity contribution < 1.29 is 4.39 Å². The Morgan fingerprint density at radius 3 is 2.49 bits per heavy atom. The molecular formula is C33H44FN7. The first-order valence-corrected chi connectivity index (χ1v) is 15.1. The quantitative estimate of drug-likeness (QED) is 0.237. The number of nitrogens with one attached hydrogen (secondary N) is 2. The van der Waals surface area contributed by atoms with Gasteiger partial charge in [0.2, 0.25) is 0 Å². The molecule has 0 amide bonds. The second kappa shape index (κ2) is 12.7. The molecule has 3 fully saturated rings. The van der Waals surface area contributed by atoms with Crippen LogP contribution in [0.15, 0.2) is 70.1 Å². The lowest BCUT2D eigenvalue weighted by molar-refractivity contribution is 0.357. The smallest absolute Gasteiger partial charge is 0.133 e. The van der Waals surface area contributed by atoms with E-state index in [1.807, 2.05) is 32.2 Å². The Balaban J connectivity index is 0.00000165. The molecule has 1 saturated heterocycles. The molecule has 0 bridgehead atoms. The Hall–Kier alpha value is -3.36. The van der Waals surface area contributed by atoms with Crippen molar-refractivity contribution in [1.29, 1.82) is 0 Å². The van der Waals surface area contributed by atoms with Gasteiger partial charge < -0.3 is 21.3 Å². The normalized spacial score (nSPS) is 23.7. The second-order valence-corrected chi connectivity index (χ2v) is 11.2. The molecule has 2 atom stereocenters. The number of halogens is 1. The number of nitrogens with zero attached hydrogens (tertiary/aromatic N) is 4. The number of amidine groups is 1. The first kappa shape index (κ1) is 29.1. The zero-order valence-electron chi connectivity index (χ0n) is 24.7. The summed E-state index contributed by atoms with van der Waals surface area (Å²) in [6, 6.07) is 6.91. The van der Waals surface area contributed by atoms with Crippen LogP contribution in [-0.2, 0) is 5.41 Å². The van der Waals surface area contributed by atoms with Gasteiger partial charge in [0.15, 0.2) is 0 Å². The van der Waals surface area contributed by atoms with Crippen LogP contribution in [0.4, 0.5) is 10.1 Å². The van der Waals surface area contributed by atoms with Crippen LogP contribution < -0.4 is 16.4 Å². The number of piperazine rings is 1. The third kappa shape index (κ3) is 5.99. The summed E-state index contributed by atoms with van der Waals surface area (Å²) in [5, 5.41) is 7.03. The second-order valence-electron chi connectivity index (χ2n) is 11.2. The van der Waals surface area contributed by atoms with Crippen molar-refractivity contribution in [3.63, 3.8) is 0 Å². The van der Waals surface area contributed by atoms with Gasteiger partial charge in [-0.3, -0.25) is 15.0 Å². The van der Waals surface area contributed by atoms with Crippen molar-refractivity contribution >= 4 is 18.2 Å². The van der Waals surface area contributed by atoms with Gasteiger partial charge in [0.1, 0.15) is 11.7 Å². The lowest BCUT2D eigenvalue weighted by Crippen LogP contribution is -2.47. The van der Waals surface area contributed by atoms with Crippen LogP contribution in [0.2, 0.25) is 0 Å². The summed E-state index contributed by atoms with van der Waals surface area (Å²) in [6.45, 7) is 14.1. The van der Waals surface area contributed by atoms with E-state index in [9.17, 15) is 4.39 Å². The summed E-state index contributed by atoms with van der Waals surface area (Å²) in [7, 11) is 0. The summed E-state index contributed by atoms with van der Waals surface area (Å²) in [6.07, 6.45) is 12.4. The average Bonchev–Trinajstić information content (AvgIpc) is 3.95. The standard InChI is InChI=1S/C31H38FN7.C2H6/c1-3-20(24-16-27(38-29(24)33)31(10-11-31)22-6-8-23(32)9-7-22)17-37-30(39-14-12-35-13-15-39)28-25(21-4-5-21)18-36-19-26(28)34-2;1-2/h3,6-9,16,18-19,21,24,29,35,38H,2,4-5,10-15,17,33H2,1H3;1-2H3/b20-3-,37-30?;. The van der Waals surface area contributed by atoms with Crippen molar-refractivity contribution in [1.82, 2.24) is 20.5 Å². The molecule has 7 nitrogen and oxygen atoms in total. The van der Waals surface area contributed by atoms with Crippen molar-refractivity contribution in [3.8, 4) is 0 Å². The van der Waals surface area contributed by atoms with E-state index >= 15 is 0 Å². The molecule has 1 aromatic carbocycles. The van der Waals surface area contributed by atoms with E-state index in [4.69, 9.17) is 10.7 Å². The molecule has 0 radical (unpaired) electrons. The Bertz CT molecular complexity index is 1320. The molecule has 8 heteroatoms. The van der Waals surface area contributed by atoms with E-state index in [1.165, 1.54) is 24.0 Å². The molecule has 4 aliphatic rings. The van der Waals surface area contributed by atoms with Crippen LogP contribution in [0.25, 0.3) is 0 Å². The van der Waals surface area contributed by atoms with Gasteiger partial charge >= 0.3 is 0 Å². The van der Waals surface area contributed by atoms with E-state index in [0.29, 0.717) is 12.5 Å². The fraction of sp³-hybridized carbons (Fsp3) is 0.485. The number of rotatable bonds is 8. The highest BCUT2D eigenvalue weighted by Crippen LogP contribution is 2.54. The Kier molecular flexibility index (Phi) is 9.00. The maximum atomic E-state index is 13.6. The molecule has 0 spiro atoms. The number of aliphatic imine (C=N–C) groups is 2. The summed E-state index contributed by atoms with van der Waals surface area (Å²) < 4.78 is 13.6. The molecule has 2 aromatic rings. The van der Waals surface area contributed by atoms with Gasteiger partial charge in [-0.05, 0) is 74.1 Å². The van der Waals surface area contributed by atoms with E-state index in [1.54, 1.807) is 18.3 Å². The molecule has 2 unspecified atom stereocenters. The monoisotopic (exact) mass is 557 g/mol. The molecule has 6 rings (SSSR count). The molecule has 2 saturated carbocycles. The highest BCUT2D eigenvalue weighted by atomic mass is 19.1. The van der Waals surface area contributed by atoms with Gasteiger partial charge in [0.25, 0.3) is 0 Å². The predicted octanol–water partition coefficient (Wildman–Crippen LogP) is 5.17. The third-order valence-electron chi connectivity index (χ3n) is 8.71. The molecule has 4 N–H and O–H groups in total.